The lowest BCUT2D eigenvalue weighted by Crippen LogP contribution is -2.30. The molecule has 3 N–H and O–H groups in total. The second kappa shape index (κ2) is 14.0. The predicted molar refractivity (Wildman–Crippen MR) is 189 cm³/mol. The Bertz CT molecular complexity index is 2080. The van der Waals surface area contributed by atoms with Gasteiger partial charge in [0.25, 0.3) is 11.8 Å². The molecule has 46 heavy (non-hydrogen) atoms. The Labute approximate surface area is 271 Å². The number of thioether (sulfide) groups is 1. The summed E-state index contributed by atoms with van der Waals surface area (Å²) in [6, 6.07) is 43.5. The minimum atomic E-state index is -0.471. The lowest BCUT2D eigenvalue weighted by atomic mass is 10.0. The number of carbonyl (C=O) groups excluding carboxylic acids is 3. The van der Waals surface area contributed by atoms with E-state index < -0.39 is 17.1 Å². The molecule has 6 aromatic carbocycles. The molecule has 0 aromatic heterocycles. The standard InChI is InChI=1S/C39H31N3O3S/c1-26(37(43)41-35-23-10-17-28-13-6-8-22-34(28)35)46-32-20-11-19-31(25-32)40-39(45)36(42-38(44)29-14-3-2-4-15-29)24-30-18-9-16-27-12-5-7-21-33(27)30/h2-26H,1H3,(H,40,45)(H,41,43)(H,42,44)/b36-24+. The van der Waals surface area contributed by atoms with Crippen LogP contribution in [0.25, 0.3) is 27.6 Å². The first-order chi connectivity index (χ1) is 22.4. The highest BCUT2D eigenvalue weighted by molar-refractivity contribution is 8.00. The molecule has 0 saturated carbocycles. The largest absolute Gasteiger partial charge is 0.325 e. The van der Waals surface area contributed by atoms with Crippen molar-refractivity contribution < 1.29 is 14.4 Å². The molecule has 1 unspecified atom stereocenters. The maximum absolute atomic E-state index is 13.7. The van der Waals surface area contributed by atoms with Crippen molar-refractivity contribution >= 4 is 68.5 Å². The predicted octanol–water partition coefficient (Wildman–Crippen LogP) is 8.52. The summed E-state index contributed by atoms with van der Waals surface area (Å²) in [4.78, 5) is 40.8. The SMILES string of the molecule is CC(Sc1cccc(NC(=O)/C(=C\c2cccc3ccccc23)NC(=O)c2ccccc2)c1)C(=O)Nc1cccc2ccccc12. The molecule has 0 aliphatic rings. The topological polar surface area (TPSA) is 87.3 Å². The van der Waals surface area contributed by atoms with Crippen molar-refractivity contribution in [2.24, 2.45) is 0 Å². The number of hydrogen-bond donors (Lipinski definition) is 3. The summed E-state index contributed by atoms with van der Waals surface area (Å²) >= 11 is 1.39. The molecular formula is C39H31N3O3S. The summed E-state index contributed by atoms with van der Waals surface area (Å²) in [5.74, 6) is -0.988. The van der Waals surface area contributed by atoms with Crippen molar-refractivity contribution in [3.05, 3.63) is 156 Å². The molecule has 0 saturated heterocycles. The molecule has 0 radical (unpaired) electrons. The molecule has 0 bridgehead atoms. The van der Waals surface area contributed by atoms with Gasteiger partial charge < -0.3 is 16.0 Å². The van der Waals surface area contributed by atoms with Gasteiger partial charge in [0.2, 0.25) is 5.91 Å². The normalized spacial score (nSPS) is 12.0. The molecule has 6 aromatic rings. The van der Waals surface area contributed by atoms with E-state index in [1.807, 2.05) is 116 Å². The Balaban J connectivity index is 1.20. The number of nitrogens with one attached hydrogen (secondary N) is 3. The number of fused-ring (bicyclic) bond motifs is 2. The maximum Gasteiger partial charge on any atom is 0.272 e. The minimum absolute atomic E-state index is 0.103. The fraction of sp³-hybridized carbons (Fsp3) is 0.0513. The Morgan fingerprint density at radius 2 is 1.28 bits per heavy atom. The Morgan fingerprint density at radius 1 is 0.652 bits per heavy atom. The average Bonchev–Trinajstić information content (AvgIpc) is 3.08. The number of anilines is 2. The van der Waals surface area contributed by atoms with E-state index in [1.165, 1.54) is 11.8 Å². The molecule has 0 heterocycles. The van der Waals surface area contributed by atoms with Gasteiger partial charge in [0.15, 0.2) is 0 Å². The van der Waals surface area contributed by atoms with Crippen LogP contribution >= 0.6 is 11.8 Å². The monoisotopic (exact) mass is 621 g/mol. The van der Waals surface area contributed by atoms with Crippen molar-refractivity contribution in [1.82, 2.24) is 5.32 Å². The number of amides is 3. The number of rotatable bonds is 9. The van der Waals surface area contributed by atoms with E-state index in [4.69, 9.17) is 0 Å². The van der Waals surface area contributed by atoms with E-state index in [2.05, 4.69) is 16.0 Å². The van der Waals surface area contributed by atoms with Crippen LogP contribution < -0.4 is 16.0 Å². The molecule has 0 fully saturated rings. The number of carbonyl (C=O) groups is 3. The third kappa shape index (κ3) is 7.17. The van der Waals surface area contributed by atoms with Gasteiger partial charge in [0.05, 0.1) is 5.25 Å². The third-order valence-electron chi connectivity index (χ3n) is 7.47. The maximum atomic E-state index is 13.7. The van der Waals surface area contributed by atoms with E-state index in [1.54, 1.807) is 36.4 Å². The molecule has 0 aliphatic carbocycles. The summed E-state index contributed by atoms with van der Waals surface area (Å²) in [7, 11) is 0. The van der Waals surface area contributed by atoms with Crippen LogP contribution in [-0.2, 0) is 9.59 Å². The van der Waals surface area contributed by atoms with Crippen molar-refractivity contribution in [3.8, 4) is 0 Å². The number of benzene rings is 6. The molecule has 6 nitrogen and oxygen atoms in total. The van der Waals surface area contributed by atoms with Crippen LogP contribution in [-0.4, -0.2) is 23.0 Å². The Kier molecular flexibility index (Phi) is 9.22. The molecule has 226 valence electrons. The minimum Gasteiger partial charge on any atom is -0.325 e. The number of hydrogen-bond acceptors (Lipinski definition) is 4. The van der Waals surface area contributed by atoms with E-state index in [0.29, 0.717) is 11.3 Å². The summed E-state index contributed by atoms with van der Waals surface area (Å²) < 4.78 is 0. The smallest absolute Gasteiger partial charge is 0.272 e. The van der Waals surface area contributed by atoms with Crippen molar-refractivity contribution in [3.63, 3.8) is 0 Å². The van der Waals surface area contributed by atoms with Gasteiger partial charge in [0.1, 0.15) is 5.70 Å². The molecule has 7 heteroatoms. The second-order valence-corrected chi connectivity index (χ2v) is 12.1. The zero-order valence-electron chi connectivity index (χ0n) is 25.1. The molecule has 0 aliphatic heterocycles. The molecule has 1 atom stereocenters. The van der Waals surface area contributed by atoms with Crippen LogP contribution in [0, 0.1) is 0 Å². The van der Waals surface area contributed by atoms with Gasteiger partial charge in [-0.15, -0.1) is 11.8 Å². The van der Waals surface area contributed by atoms with Gasteiger partial charge in [0, 0.05) is 27.2 Å². The van der Waals surface area contributed by atoms with Crippen LogP contribution in [0.5, 0.6) is 0 Å². The Morgan fingerprint density at radius 3 is 2.07 bits per heavy atom. The van der Waals surface area contributed by atoms with E-state index in [0.717, 1.165) is 37.7 Å². The molecular weight excluding hydrogens is 591 g/mol. The highest BCUT2D eigenvalue weighted by atomic mass is 32.2. The second-order valence-electron chi connectivity index (χ2n) is 10.7. The van der Waals surface area contributed by atoms with Crippen LogP contribution in [0.4, 0.5) is 11.4 Å². The summed E-state index contributed by atoms with van der Waals surface area (Å²) in [5, 5.41) is 12.4. The fourth-order valence-corrected chi connectivity index (χ4v) is 6.07. The van der Waals surface area contributed by atoms with E-state index in [-0.39, 0.29) is 11.6 Å². The first kappa shape index (κ1) is 30.4. The summed E-state index contributed by atoms with van der Waals surface area (Å²) in [6.07, 6.45) is 1.69. The fourth-order valence-electron chi connectivity index (χ4n) is 5.15. The Hall–Kier alpha value is -5.66. The van der Waals surface area contributed by atoms with Crippen molar-refractivity contribution in [2.75, 3.05) is 10.6 Å². The van der Waals surface area contributed by atoms with Gasteiger partial charge in [-0.2, -0.15) is 0 Å². The van der Waals surface area contributed by atoms with Crippen LogP contribution in [0.15, 0.2) is 150 Å². The van der Waals surface area contributed by atoms with Gasteiger partial charge in [-0.05, 0) is 71.1 Å². The lowest BCUT2D eigenvalue weighted by molar-refractivity contribution is -0.115. The van der Waals surface area contributed by atoms with Gasteiger partial charge >= 0.3 is 0 Å². The third-order valence-corrected chi connectivity index (χ3v) is 8.57. The van der Waals surface area contributed by atoms with Gasteiger partial charge in [-0.1, -0.05) is 103 Å². The van der Waals surface area contributed by atoms with Gasteiger partial charge in [-0.3, -0.25) is 14.4 Å². The van der Waals surface area contributed by atoms with Gasteiger partial charge in [-0.25, -0.2) is 0 Å². The molecule has 0 spiro atoms. The summed E-state index contributed by atoms with van der Waals surface area (Å²) in [5.41, 5.74) is 2.64. The lowest BCUT2D eigenvalue weighted by Gasteiger charge is -2.15. The van der Waals surface area contributed by atoms with Crippen LogP contribution in [0.3, 0.4) is 0 Å². The highest BCUT2D eigenvalue weighted by Gasteiger charge is 2.18. The first-order valence-electron chi connectivity index (χ1n) is 14.9. The van der Waals surface area contributed by atoms with E-state index >= 15 is 0 Å². The van der Waals surface area contributed by atoms with Crippen molar-refractivity contribution in [2.45, 2.75) is 17.1 Å². The zero-order chi connectivity index (χ0) is 31.9. The van der Waals surface area contributed by atoms with Crippen LogP contribution in [0.2, 0.25) is 0 Å². The van der Waals surface area contributed by atoms with E-state index in [9.17, 15) is 14.4 Å². The highest BCUT2D eigenvalue weighted by Crippen LogP contribution is 2.29. The molecule has 3 amide bonds. The average molecular weight is 622 g/mol. The van der Waals surface area contributed by atoms with Crippen LogP contribution in [0.1, 0.15) is 22.8 Å². The zero-order valence-corrected chi connectivity index (χ0v) is 25.9. The van der Waals surface area contributed by atoms with Crippen molar-refractivity contribution in [1.29, 1.82) is 0 Å². The molecule has 6 rings (SSSR count). The summed E-state index contributed by atoms with van der Waals surface area (Å²) in [6.45, 7) is 1.85. The quantitative estimate of drug-likeness (QED) is 0.112. The first-order valence-corrected chi connectivity index (χ1v) is 15.8.